The van der Waals surface area contributed by atoms with Gasteiger partial charge in [-0.15, -0.1) is 0 Å². The van der Waals surface area contributed by atoms with Gasteiger partial charge in [0.05, 0.1) is 40.5 Å². The molecule has 0 saturated heterocycles. The smallest absolute Gasteiger partial charge is 0.151 e. The molecule has 3 aliphatic rings. The third-order valence-corrected chi connectivity index (χ3v) is 18.3. The van der Waals surface area contributed by atoms with Crippen LogP contribution in [0.25, 0.3) is 0 Å². The zero-order valence-corrected chi connectivity index (χ0v) is 34.7. The predicted molar refractivity (Wildman–Crippen MR) is 244 cm³/mol. The number of aromatic nitrogens is 1. The lowest BCUT2D eigenvalue weighted by Crippen LogP contribution is -2.66. The first-order chi connectivity index (χ1) is 28.6. The highest BCUT2D eigenvalue weighted by Gasteiger charge is 2.53. The zero-order chi connectivity index (χ0) is 39.3. The Bertz CT molecular complexity index is 2570. The molecule has 58 heavy (non-hydrogen) atoms. The number of ether oxygens (including phenoxy) is 1. The summed E-state index contributed by atoms with van der Waals surface area (Å²) in [6.45, 7) is 5.48. The largest absolute Gasteiger partial charge is 0.453 e. The molecular weight excluding hydrogens is 725 g/mol. The first-order valence-electron chi connectivity index (χ1n) is 21.1. The van der Waals surface area contributed by atoms with Crippen LogP contribution in [-0.4, -0.2) is 26.8 Å². The normalized spacial score (nSPS) is 15.5. The van der Waals surface area contributed by atoms with E-state index in [1.165, 1.54) is 65.8 Å². The Labute approximate surface area is 344 Å². The van der Waals surface area contributed by atoms with Crippen molar-refractivity contribution in [1.29, 1.82) is 0 Å². The summed E-state index contributed by atoms with van der Waals surface area (Å²) in [5, 5.41) is 3.14. The number of benzene rings is 6. The van der Waals surface area contributed by atoms with E-state index in [2.05, 4.69) is 187 Å². The van der Waals surface area contributed by atoms with Crippen molar-refractivity contribution >= 4 is 52.6 Å². The van der Waals surface area contributed by atoms with Crippen molar-refractivity contribution < 1.29 is 4.74 Å². The number of anilines is 6. The van der Waals surface area contributed by atoms with Crippen LogP contribution in [0, 0.1) is 0 Å². The number of para-hydroxylation sites is 4. The van der Waals surface area contributed by atoms with Crippen molar-refractivity contribution in [3.8, 4) is 11.5 Å². The van der Waals surface area contributed by atoms with E-state index in [0.29, 0.717) is 0 Å². The molecule has 0 radical (unpaired) electrons. The van der Waals surface area contributed by atoms with Crippen LogP contribution in [0.2, 0.25) is 12.1 Å². The number of fused-ring (bicyclic) bond motifs is 5. The average Bonchev–Trinajstić information content (AvgIpc) is 3.63. The number of hydrogen-bond acceptors (Lipinski definition) is 5. The molecule has 4 heterocycles. The molecule has 0 spiro atoms. The quantitative estimate of drug-likeness (QED) is 0.129. The van der Waals surface area contributed by atoms with Crippen LogP contribution in [-0.2, 0) is 5.41 Å². The van der Waals surface area contributed by atoms with Crippen molar-refractivity contribution in [2.45, 2.75) is 57.0 Å². The maximum atomic E-state index is 6.79. The molecule has 7 aromatic rings. The Morgan fingerprint density at radius 2 is 1.21 bits per heavy atom. The second-order valence-electron chi connectivity index (χ2n) is 16.2. The maximum absolute atomic E-state index is 6.79. The fourth-order valence-electron chi connectivity index (χ4n) is 10.4. The van der Waals surface area contributed by atoms with Gasteiger partial charge in [-0.1, -0.05) is 131 Å². The molecule has 5 nitrogen and oxygen atoms in total. The van der Waals surface area contributed by atoms with Crippen molar-refractivity contribution in [1.82, 2.24) is 4.98 Å². The van der Waals surface area contributed by atoms with Crippen molar-refractivity contribution in [3.63, 3.8) is 0 Å². The van der Waals surface area contributed by atoms with E-state index in [-0.39, 0.29) is 0 Å². The van der Waals surface area contributed by atoms with Gasteiger partial charge >= 0.3 is 0 Å². The lowest BCUT2D eigenvalue weighted by Gasteiger charge is -2.49. The Morgan fingerprint density at radius 1 is 0.586 bits per heavy atom. The summed E-state index contributed by atoms with van der Waals surface area (Å²) in [6.07, 6.45) is 6.83. The van der Waals surface area contributed by atoms with E-state index >= 15 is 0 Å². The summed E-state index contributed by atoms with van der Waals surface area (Å²) >= 11 is 0. The zero-order valence-electron chi connectivity index (χ0n) is 33.7. The fourth-order valence-corrected chi connectivity index (χ4v) is 16.3. The van der Waals surface area contributed by atoms with Crippen LogP contribution in [0.3, 0.4) is 0 Å². The van der Waals surface area contributed by atoms with Crippen molar-refractivity contribution in [2.24, 2.45) is 0 Å². The van der Waals surface area contributed by atoms with Crippen LogP contribution in [0.1, 0.15) is 61.9 Å². The summed E-state index contributed by atoms with van der Waals surface area (Å²) in [6, 6.07) is 60.9. The number of nitrogens with zero attached hydrogens (tertiary/aromatic N) is 4. The molecule has 0 bridgehead atoms. The number of rotatable bonds is 10. The summed E-state index contributed by atoms with van der Waals surface area (Å²) in [5.74, 6) is 1.68. The first-order valence-corrected chi connectivity index (χ1v) is 23.5. The molecule has 288 valence electrons. The van der Waals surface area contributed by atoms with Gasteiger partial charge in [0, 0.05) is 24.6 Å². The monoisotopic (exact) mass is 774 g/mol. The van der Waals surface area contributed by atoms with E-state index in [9.17, 15) is 0 Å². The molecular formula is C52H50N4OSi. The molecule has 0 saturated carbocycles. The molecule has 0 atom stereocenters. The van der Waals surface area contributed by atoms with Crippen LogP contribution in [0.4, 0.5) is 34.1 Å². The minimum absolute atomic E-state index is 0.646. The minimum Gasteiger partial charge on any atom is -0.453 e. The van der Waals surface area contributed by atoms with Gasteiger partial charge in [-0.3, -0.25) is 4.98 Å². The summed E-state index contributed by atoms with van der Waals surface area (Å²) in [4.78, 5) is 12.4. The molecule has 10 rings (SSSR count). The second kappa shape index (κ2) is 14.7. The van der Waals surface area contributed by atoms with Crippen LogP contribution in [0.5, 0.6) is 11.5 Å². The van der Waals surface area contributed by atoms with Crippen molar-refractivity contribution in [3.05, 3.63) is 186 Å². The van der Waals surface area contributed by atoms with E-state index in [4.69, 9.17) is 9.72 Å². The number of hydrogen-bond donors (Lipinski definition) is 0. The topological polar surface area (TPSA) is 31.8 Å². The van der Waals surface area contributed by atoms with Crippen LogP contribution in [0.15, 0.2) is 164 Å². The van der Waals surface area contributed by atoms with Gasteiger partial charge in [-0.25, -0.2) is 0 Å². The van der Waals surface area contributed by atoms with Gasteiger partial charge in [0.25, 0.3) is 0 Å². The van der Waals surface area contributed by atoms with Gasteiger partial charge in [0.15, 0.2) is 11.5 Å². The fraction of sp³-hybridized carbons (Fsp3) is 0.212. The van der Waals surface area contributed by atoms with Gasteiger partial charge in [-0.2, -0.15) is 0 Å². The first kappa shape index (κ1) is 36.2. The van der Waals surface area contributed by atoms with E-state index in [0.717, 1.165) is 46.6 Å². The standard InChI is InChI=1S/C52H50N4OSi/c1-4-6-33-58(34-7-5-2)49-27-14-8-21-41(49)52(51-29-16-17-32-53-51,42-22-9-15-28-50(42)58)38-30-31-48-46(35-38)56(45-25-12-13-26-47(45)57-48)40-20-18-19-39(36-40)55-37-54(3)43-23-10-11-24-44(43)55/h8-32,35-36H,4-7,33-34,37H2,1-3H3. The lowest BCUT2D eigenvalue weighted by molar-refractivity contribution is 0.476. The highest BCUT2D eigenvalue weighted by Crippen LogP contribution is 2.55. The molecule has 1 aromatic heterocycles. The summed E-state index contributed by atoms with van der Waals surface area (Å²) in [7, 11) is -0.0186. The lowest BCUT2D eigenvalue weighted by atomic mass is 9.66. The molecule has 0 amide bonds. The summed E-state index contributed by atoms with van der Waals surface area (Å²) < 4.78 is 6.79. The maximum Gasteiger partial charge on any atom is 0.151 e. The number of pyridine rings is 1. The van der Waals surface area contributed by atoms with E-state index < -0.39 is 13.5 Å². The molecule has 3 aliphatic heterocycles. The Hall–Kier alpha value is -6.11. The Morgan fingerprint density at radius 3 is 1.91 bits per heavy atom. The van der Waals surface area contributed by atoms with E-state index in [1.807, 2.05) is 12.3 Å². The van der Waals surface area contributed by atoms with Gasteiger partial charge in [0.1, 0.15) is 8.07 Å². The molecule has 6 aromatic carbocycles. The van der Waals surface area contributed by atoms with Crippen LogP contribution < -0.4 is 29.8 Å². The molecule has 0 unspecified atom stereocenters. The van der Waals surface area contributed by atoms with E-state index in [1.54, 1.807) is 10.4 Å². The second-order valence-corrected chi connectivity index (χ2v) is 20.5. The highest BCUT2D eigenvalue weighted by molar-refractivity contribution is 7.03. The van der Waals surface area contributed by atoms with Crippen LogP contribution >= 0.6 is 0 Å². The summed E-state index contributed by atoms with van der Waals surface area (Å²) in [5.41, 5.74) is 11.1. The molecule has 0 fully saturated rings. The predicted octanol–water partition coefficient (Wildman–Crippen LogP) is 12.1. The van der Waals surface area contributed by atoms with Gasteiger partial charge in [0.2, 0.25) is 0 Å². The highest BCUT2D eigenvalue weighted by atomic mass is 28.3. The average molecular weight is 775 g/mol. The van der Waals surface area contributed by atoms with Crippen molar-refractivity contribution in [2.75, 3.05) is 28.4 Å². The molecule has 0 aliphatic carbocycles. The third-order valence-electron chi connectivity index (χ3n) is 13.0. The Kier molecular flexibility index (Phi) is 9.17. The molecule has 6 heteroatoms. The molecule has 0 N–H and O–H groups in total. The number of unbranched alkanes of at least 4 members (excludes halogenated alkanes) is 2. The minimum atomic E-state index is -2.18. The SMILES string of the molecule is CCCC[Si]1(CCCC)c2ccccc2C(c2ccc3c(c2)N(c2cccc(N4CN(C)c5ccccc54)c2)c2ccccc2O3)(c2ccccn2)c2ccccc21. The third kappa shape index (κ3) is 5.53. The van der Waals surface area contributed by atoms with Gasteiger partial charge < -0.3 is 19.4 Å². The van der Waals surface area contributed by atoms with Gasteiger partial charge in [-0.05, 0) is 106 Å². The Balaban J connectivity index is 1.21.